The first kappa shape index (κ1) is 33.0. The van der Waals surface area contributed by atoms with Crippen molar-refractivity contribution in [3.05, 3.63) is 200 Å². The lowest BCUT2D eigenvalue weighted by Crippen LogP contribution is -2.00. The van der Waals surface area contributed by atoms with Crippen molar-refractivity contribution in [1.29, 1.82) is 0 Å². The van der Waals surface area contributed by atoms with E-state index in [1.165, 1.54) is 10.9 Å². The Morgan fingerprint density at radius 1 is 0.268 bits per heavy atom. The van der Waals surface area contributed by atoms with Crippen molar-refractivity contribution in [3.8, 4) is 78.9 Å². The third kappa shape index (κ3) is 6.37. The number of pyridine rings is 2. The van der Waals surface area contributed by atoms with Gasteiger partial charge in [-0.2, -0.15) is 0 Å². The first-order chi connectivity index (χ1) is 27.7. The number of rotatable bonds is 7. The molecule has 5 nitrogen and oxygen atoms in total. The quantitative estimate of drug-likeness (QED) is 0.154. The van der Waals surface area contributed by atoms with Crippen LogP contribution in [-0.4, -0.2) is 24.9 Å². The summed E-state index contributed by atoms with van der Waals surface area (Å²) in [5.41, 5.74) is 12.1. The molecule has 0 radical (unpaired) electrons. The van der Waals surface area contributed by atoms with E-state index in [-0.39, 0.29) is 0 Å². The number of nitrogens with zero attached hydrogens (tertiary/aromatic N) is 5. The molecule has 0 fully saturated rings. The van der Waals surface area contributed by atoms with Gasteiger partial charge in [0.1, 0.15) is 0 Å². The molecule has 10 rings (SSSR count). The van der Waals surface area contributed by atoms with Crippen molar-refractivity contribution in [2.24, 2.45) is 0 Å². The molecule has 3 heterocycles. The van der Waals surface area contributed by atoms with E-state index in [0.717, 1.165) is 72.2 Å². The minimum Gasteiger partial charge on any atom is -0.255 e. The zero-order valence-corrected chi connectivity index (χ0v) is 30.3. The van der Waals surface area contributed by atoms with Crippen molar-refractivity contribution in [3.63, 3.8) is 0 Å². The highest BCUT2D eigenvalue weighted by atomic mass is 15.0. The molecule has 0 saturated carbocycles. The van der Waals surface area contributed by atoms with Crippen molar-refractivity contribution >= 4 is 21.7 Å². The molecule has 0 aliphatic rings. The maximum absolute atomic E-state index is 5.10. The van der Waals surface area contributed by atoms with Crippen molar-refractivity contribution in [2.75, 3.05) is 0 Å². The summed E-state index contributed by atoms with van der Waals surface area (Å²) in [5.74, 6) is 1.88. The van der Waals surface area contributed by atoms with E-state index in [0.29, 0.717) is 17.5 Å². The van der Waals surface area contributed by atoms with Crippen molar-refractivity contribution in [2.45, 2.75) is 0 Å². The topological polar surface area (TPSA) is 64.5 Å². The van der Waals surface area contributed by atoms with Crippen LogP contribution in [0.4, 0.5) is 0 Å². The Morgan fingerprint density at radius 2 is 0.714 bits per heavy atom. The maximum atomic E-state index is 5.10. The van der Waals surface area contributed by atoms with Gasteiger partial charge in [-0.05, 0) is 69.1 Å². The third-order valence-electron chi connectivity index (χ3n) is 10.2. The molecule has 56 heavy (non-hydrogen) atoms. The summed E-state index contributed by atoms with van der Waals surface area (Å²) in [6, 6.07) is 66.9. The van der Waals surface area contributed by atoms with Gasteiger partial charge in [-0.1, -0.05) is 164 Å². The lowest BCUT2D eigenvalue weighted by atomic mass is 9.97. The highest BCUT2D eigenvalue weighted by molar-refractivity contribution is 6.10. The molecule has 0 aliphatic heterocycles. The SMILES string of the molecule is c1ccc(-c2ccc(-c3nc(-c4ccccc4)nc(-c4cccc(-c5cccc(-c6ccnc(-c7nc8ccccc8c8ccccc78)c6)c5)c4)n3)cc2)cc1. The Hall–Kier alpha value is -7.63. The molecule has 0 aliphatic carbocycles. The largest absolute Gasteiger partial charge is 0.255 e. The fourth-order valence-electron chi connectivity index (χ4n) is 7.35. The average molecular weight is 716 g/mol. The van der Waals surface area contributed by atoms with Gasteiger partial charge >= 0.3 is 0 Å². The van der Waals surface area contributed by atoms with Crippen LogP contribution in [0.15, 0.2) is 200 Å². The molecule has 0 amide bonds. The standard InChI is InChI=1S/C51H33N5/c1-3-13-34(14-4-1)35-25-27-37(28-26-35)50-54-49(36-15-5-2-6-16-36)55-51(56-50)42-20-12-19-40(32-42)38-17-11-18-39(31-38)41-29-30-52-47(33-41)48-45-23-8-7-21-43(45)44-22-9-10-24-46(44)53-48/h1-33H. The minimum absolute atomic E-state index is 0.618. The summed E-state index contributed by atoms with van der Waals surface area (Å²) in [4.78, 5) is 24.9. The molecule has 3 aromatic heterocycles. The van der Waals surface area contributed by atoms with Crippen molar-refractivity contribution < 1.29 is 0 Å². The Morgan fingerprint density at radius 3 is 1.39 bits per heavy atom. The fraction of sp³-hybridized carbons (Fsp3) is 0. The second kappa shape index (κ2) is 14.3. The third-order valence-corrected chi connectivity index (χ3v) is 10.2. The van der Waals surface area contributed by atoms with Crippen LogP contribution >= 0.6 is 0 Å². The monoisotopic (exact) mass is 715 g/mol. The van der Waals surface area contributed by atoms with E-state index in [1.807, 2.05) is 48.7 Å². The van der Waals surface area contributed by atoms with Gasteiger partial charge < -0.3 is 0 Å². The van der Waals surface area contributed by atoms with Crippen LogP contribution in [0.2, 0.25) is 0 Å². The van der Waals surface area contributed by atoms with E-state index in [1.54, 1.807) is 0 Å². The van der Waals surface area contributed by atoms with Crippen LogP contribution in [0, 0.1) is 0 Å². The van der Waals surface area contributed by atoms with E-state index in [4.69, 9.17) is 24.9 Å². The lowest BCUT2D eigenvalue weighted by molar-refractivity contribution is 1.07. The average Bonchev–Trinajstić information content (AvgIpc) is 3.29. The molecule has 262 valence electrons. The van der Waals surface area contributed by atoms with E-state index < -0.39 is 0 Å². The number of hydrogen-bond acceptors (Lipinski definition) is 5. The first-order valence-electron chi connectivity index (χ1n) is 18.7. The van der Waals surface area contributed by atoms with Crippen molar-refractivity contribution in [1.82, 2.24) is 24.9 Å². The predicted molar refractivity (Wildman–Crippen MR) is 228 cm³/mol. The van der Waals surface area contributed by atoms with E-state index >= 15 is 0 Å². The Kier molecular flexibility index (Phi) is 8.43. The van der Waals surface area contributed by atoms with Gasteiger partial charge in [0.05, 0.1) is 16.9 Å². The summed E-state index contributed by atoms with van der Waals surface area (Å²) < 4.78 is 0. The van der Waals surface area contributed by atoms with Gasteiger partial charge in [-0.15, -0.1) is 0 Å². The van der Waals surface area contributed by atoms with Gasteiger partial charge in [0, 0.05) is 33.7 Å². The molecule has 0 atom stereocenters. The van der Waals surface area contributed by atoms with Gasteiger partial charge in [0.15, 0.2) is 17.5 Å². The molecular weight excluding hydrogens is 683 g/mol. The number of hydrogen-bond donors (Lipinski definition) is 0. The van der Waals surface area contributed by atoms with Crippen LogP contribution in [0.1, 0.15) is 0 Å². The van der Waals surface area contributed by atoms with Gasteiger partial charge in [-0.25, -0.2) is 19.9 Å². The molecule has 0 spiro atoms. The van der Waals surface area contributed by atoms with Gasteiger partial charge in [0.25, 0.3) is 0 Å². The Labute approximate surface area is 324 Å². The molecule has 0 unspecified atom stereocenters. The summed E-state index contributed by atoms with van der Waals surface area (Å²) >= 11 is 0. The number of aromatic nitrogens is 5. The van der Waals surface area contributed by atoms with Gasteiger partial charge in [-0.3, -0.25) is 4.98 Å². The van der Waals surface area contributed by atoms with Crippen LogP contribution in [0.25, 0.3) is 101 Å². The lowest BCUT2D eigenvalue weighted by Gasteiger charge is -2.12. The predicted octanol–water partition coefficient (Wildman–Crippen LogP) is 12.6. The Bertz CT molecular complexity index is 3020. The number of fused-ring (bicyclic) bond motifs is 3. The Balaban J connectivity index is 1.01. The molecule has 0 N–H and O–H groups in total. The normalized spacial score (nSPS) is 11.2. The summed E-state index contributed by atoms with van der Waals surface area (Å²) in [5, 5.41) is 3.40. The minimum atomic E-state index is 0.618. The molecular formula is C51H33N5. The second-order valence-corrected chi connectivity index (χ2v) is 13.7. The number of benzene rings is 7. The fourth-order valence-corrected chi connectivity index (χ4v) is 7.35. The van der Waals surface area contributed by atoms with Crippen LogP contribution in [0.5, 0.6) is 0 Å². The highest BCUT2D eigenvalue weighted by Crippen LogP contribution is 2.35. The summed E-state index contributed by atoms with van der Waals surface area (Å²) in [6.07, 6.45) is 1.88. The van der Waals surface area contributed by atoms with E-state index in [2.05, 4.69) is 152 Å². The van der Waals surface area contributed by atoms with Crippen LogP contribution < -0.4 is 0 Å². The zero-order chi connectivity index (χ0) is 37.3. The highest BCUT2D eigenvalue weighted by Gasteiger charge is 2.15. The molecule has 0 saturated heterocycles. The first-order valence-corrected chi connectivity index (χ1v) is 18.7. The maximum Gasteiger partial charge on any atom is 0.164 e. The van der Waals surface area contributed by atoms with Crippen LogP contribution in [0.3, 0.4) is 0 Å². The van der Waals surface area contributed by atoms with E-state index in [9.17, 15) is 0 Å². The van der Waals surface area contributed by atoms with Gasteiger partial charge in [0.2, 0.25) is 0 Å². The summed E-state index contributed by atoms with van der Waals surface area (Å²) in [6.45, 7) is 0. The molecule has 10 aromatic rings. The van der Waals surface area contributed by atoms with Crippen LogP contribution in [-0.2, 0) is 0 Å². The smallest absolute Gasteiger partial charge is 0.164 e. The molecule has 0 bridgehead atoms. The molecule has 7 aromatic carbocycles. The second-order valence-electron chi connectivity index (χ2n) is 13.7. The summed E-state index contributed by atoms with van der Waals surface area (Å²) in [7, 11) is 0. The zero-order valence-electron chi connectivity index (χ0n) is 30.3. The molecule has 5 heteroatoms. The number of para-hydroxylation sites is 1.